The molecule has 30 heavy (non-hydrogen) atoms. The number of rotatable bonds is 6. The topological polar surface area (TPSA) is 123 Å². The SMILES string of the molecule is Cc1ccnc(NS(=O)(=O)c2ccc(NC(=O)Cn3c(C)cc(=O)cc3C)cc2)n1. The molecule has 0 bridgehead atoms. The Morgan fingerprint density at radius 3 is 2.27 bits per heavy atom. The number of amides is 1. The summed E-state index contributed by atoms with van der Waals surface area (Å²) in [5.41, 5.74) is 2.33. The molecule has 1 aromatic carbocycles. The van der Waals surface area contributed by atoms with E-state index in [1.165, 1.54) is 42.6 Å². The number of carbonyl (C=O) groups is 1. The van der Waals surface area contributed by atoms with Crippen molar-refractivity contribution in [3.8, 4) is 0 Å². The van der Waals surface area contributed by atoms with Gasteiger partial charge >= 0.3 is 0 Å². The van der Waals surface area contributed by atoms with E-state index in [-0.39, 0.29) is 28.7 Å². The molecule has 0 fully saturated rings. The third-order valence-corrected chi connectivity index (χ3v) is 5.67. The highest BCUT2D eigenvalue weighted by atomic mass is 32.2. The number of hydrogen-bond donors (Lipinski definition) is 2. The molecule has 10 heteroatoms. The van der Waals surface area contributed by atoms with Crippen LogP contribution in [0.1, 0.15) is 17.1 Å². The summed E-state index contributed by atoms with van der Waals surface area (Å²) in [7, 11) is -3.86. The van der Waals surface area contributed by atoms with Crippen molar-refractivity contribution in [1.29, 1.82) is 0 Å². The van der Waals surface area contributed by atoms with Crippen molar-refractivity contribution in [2.75, 3.05) is 10.0 Å². The molecular weight excluding hydrogens is 406 g/mol. The second-order valence-corrected chi connectivity index (χ2v) is 8.44. The maximum atomic E-state index is 12.5. The molecule has 0 aliphatic heterocycles. The first-order valence-electron chi connectivity index (χ1n) is 9.04. The molecule has 3 rings (SSSR count). The van der Waals surface area contributed by atoms with Crippen LogP contribution in [0.3, 0.4) is 0 Å². The van der Waals surface area contributed by atoms with E-state index in [1.807, 2.05) is 0 Å². The second kappa shape index (κ2) is 8.46. The quantitative estimate of drug-likeness (QED) is 0.620. The van der Waals surface area contributed by atoms with E-state index in [2.05, 4.69) is 20.0 Å². The van der Waals surface area contributed by atoms with Crippen molar-refractivity contribution in [3.05, 3.63) is 76.0 Å². The molecule has 0 saturated carbocycles. The normalized spacial score (nSPS) is 11.2. The van der Waals surface area contributed by atoms with Crippen LogP contribution in [0.25, 0.3) is 0 Å². The molecule has 2 N–H and O–H groups in total. The minimum atomic E-state index is -3.86. The minimum Gasteiger partial charge on any atom is -0.340 e. The van der Waals surface area contributed by atoms with Crippen LogP contribution in [0.5, 0.6) is 0 Å². The zero-order valence-electron chi connectivity index (χ0n) is 16.7. The maximum absolute atomic E-state index is 12.5. The van der Waals surface area contributed by atoms with E-state index in [1.54, 1.807) is 31.4 Å². The van der Waals surface area contributed by atoms with E-state index in [0.29, 0.717) is 22.8 Å². The minimum absolute atomic E-state index is 0.0118. The van der Waals surface area contributed by atoms with Gasteiger partial charge in [0.2, 0.25) is 11.9 Å². The number of aromatic nitrogens is 3. The first kappa shape index (κ1) is 21.2. The van der Waals surface area contributed by atoms with Crippen molar-refractivity contribution in [1.82, 2.24) is 14.5 Å². The molecule has 0 unspecified atom stereocenters. The smallest absolute Gasteiger partial charge is 0.264 e. The number of anilines is 2. The first-order chi connectivity index (χ1) is 14.1. The summed E-state index contributed by atoms with van der Waals surface area (Å²) in [6.45, 7) is 5.27. The Labute approximate surface area is 173 Å². The van der Waals surface area contributed by atoms with Gasteiger partial charge in [-0.2, -0.15) is 0 Å². The molecule has 0 atom stereocenters. The number of sulfonamides is 1. The summed E-state index contributed by atoms with van der Waals surface area (Å²) >= 11 is 0. The van der Waals surface area contributed by atoms with Crippen LogP contribution in [0.15, 0.2) is 58.4 Å². The Kier molecular flexibility index (Phi) is 5.97. The van der Waals surface area contributed by atoms with Gasteiger partial charge in [0.15, 0.2) is 5.43 Å². The summed E-state index contributed by atoms with van der Waals surface area (Å²) < 4.78 is 29.0. The van der Waals surface area contributed by atoms with Crippen molar-refractivity contribution < 1.29 is 13.2 Å². The van der Waals surface area contributed by atoms with Crippen LogP contribution in [0, 0.1) is 20.8 Å². The number of nitrogens with zero attached hydrogens (tertiary/aromatic N) is 3. The predicted molar refractivity (Wildman–Crippen MR) is 113 cm³/mol. The molecule has 0 spiro atoms. The van der Waals surface area contributed by atoms with E-state index < -0.39 is 10.0 Å². The summed E-state index contributed by atoms with van der Waals surface area (Å²) in [5, 5.41) is 2.72. The lowest BCUT2D eigenvalue weighted by atomic mass is 10.2. The Balaban J connectivity index is 1.70. The molecule has 156 valence electrons. The highest BCUT2D eigenvalue weighted by Gasteiger charge is 2.16. The summed E-state index contributed by atoms with van der Waals surface area (Å²) in [4.78, 5) is 31.8. The molecule has 3 aromatic rings. The van der Waals surface area contributed by atoms with Crippen LogP contribution < -0.4 is 15.5 Å². The number of benzene rings is 1. The lowest BCUT2D eigenvalue weighted by Crippen LogP contribution is -2.23. The van der Waals surface area contributed by atoms with E-state index in [0.717, 1.165) is 0 Å². The molecule has 0 saturated heterocycles. The highest BCUT2D eigenvalue weighted by Crippen LogP contribution is 2.17. The number of nitrogens with one attached hydrogen (secondary N) is 2. The van der Waals surface area contributed by atoms with E-state index in [4.69, 9.17) is 0 Å². The monoisotopic (exact) mass is 427 g/mol. The van der Waals surface area contributed by atoms with Gasteiger partial charge < -0.3 is 9.88 Å². The molecule has 0 radical (unpaired) electrons. The van der Waals surface area contributed by atoms with Crippen LogP contribution in [0.4, 0.5) is 11.6 Å². The Bertz CT molecular complexity index is 1220. The van der Waals surface area contributed by atoms with Gasteiger partial charge in [-0.3, -0.25) is 9.59 Å². The fourth-order valence-corrected chi connectivity index (χ4v) is 3.83. The number of carbonyl (C=O) groups excluding carboxylic acids is 1. The van der Waals surface area contributed by atoms with Gasteiger partial charge in [0, 0.05) is 41.1 Å². The highest BCUT2D eigenvalue weighted by molar-refractivity contribution is 7.92. The van der Waals surface area contributed by atoms with Gasteiger partial charge in [-0.25, -0.2) is 23.1 Å². The van der Waals surface area contributed by atoms with Crippen LogP contribution in [-0.2, 0) is 21.4 Å². The third kappa shape index (κ3) is 5.09. The molecule has 2 aromatic heterocycles. The molecule has 1 amide bonds. The van der Waals surface area contributed by atoms with Crippen molar-refractivity contribution in [2.24, 2.45) is 0 Å². The fraction of sp³-hybridized carbons (Fsp3) is 0.200. The predicted octanol–water partition coefficient (Wildman–Crippen LogP) is 2.00. The average Bonchev–Trinajstić information content (AvgIpc) is 2.65. The third-order valence-electron chi connectivity index (χ3n) is 4.32. The molecule has 0 aliphatic carbocycles. The Morgan fingerprint density at radius 2 is 1.67 bits per heavy atom. The van der Waals surface area contributed by atoms with Gasteiger partial charge in [-0.15, -0.1) is 0 Å². The zero-order valence-corrected chi connectivity index (χ0v) is 17.5. The molecule has 2 heterocycles. The van der Waals surface area contributed by atoms with Gasteiger partial charge in [-0.05, 0) is 51.1 Å². The van der Waals surface area contributed by atoms with E-state index in [9.17, 15) is 18.0 Å². The molecule has 0 aliphatic rings. The number of pyridine rings is 1. The standard InChI is InChI=1S/C20H21N5O4S/c1-13-8-9-21-20(22-13)24-30(28,29)18-6-4-16(5-7-18)23-19(27)12-25-14(2)10-17(26)11-15(25)3/h4-11H,12H2,1-3H3,(H,23,27)(H,21,22,24). The van der Waals surface area contributed by atoms with Crippen molar-refractivity contribution in [3.63, 3.8) is 0 Å². The van der Waals surface area contributed by atoms with Gasteiger partial charge in [0.1, 0.15) is 6.54 Å². The number of hydrogen-bond acceptors (Lipinski definition) is 6. The van der Waals surface area contributed by atoms with E-state index >= 15 is 0 Å². The van der Waals surface area contributed by atoms with Crippen LogP contribution in [0.2, 0.25) is 0 Å². The lowest BCUT2D eigenvalue weighted by molar-refractivity contribution is -0.116. The summed E-state index contributed by atoms with van der Waals surface area (Å²) in [6.07, 6.45) is 1.46. The Morgan fingerprint density at radius 1 is 1.03 bits per heavy atom. The van der Waals surface area contributed by atoms with Crippen molar-refractivity contribution in [2.45, 2.75) is 32.2 Å². The van der Waals surface area contributed by atoms with Gasteiger partial charge in [0.05, 0.1) is 4.90 Å². The first-order valence-corrected chi connectivity index (χ1v) is 10.5. The zero-order chi connectivity index (χ0) is 21.9. The summed E-state index contributed by atoms with van der Waals surface area (Å²) in [5.74, 6) is -0.314. The largest absolute Gasteiger partial charge is 0.340 e. The van der Waals surface area contributed by atoms with Crippen molar-refractivity contribution >= 4 is 27.6 Å². The van der Waals surface area contributed by atoms with Gasteiger partial charge in [0.25, 0.3) is 10.0 Å². The number of aryl methyl sites for hydroxylation is 3. The molecule has 9 nitrogen and oxygen atoms in total. The van der Waals surface area contributed by atoms with Gasteiger partial charge in [-0.1, -0.05) is 0 Å². The average molecular weight is 427 g/mol. The fourth-order valence-electron chi connectivity index (χ4n) is 2.88. The Hall–Kier alpha value is -3.53. The van der Waals surface area contributed by atoms with Crippen LogP contribution in [-0.4, -0.2) is 28.9 Å². The second-order valence-electron chi connectivity index (χ2n) is 6.76. The van der Waals surface area contributed by atoms with Crippen LogP contribution >= 0.6 is 0 Å². The molecular formula is C20H21N5O4S. The lowest BCUT2D eigenvalue weighted by Gasteiger charge is -2.14. The summed E-state index contributed by atoms with van der Waals surface area (Å²) in [6, 6.07) is 10.3. The maximum Gasteiger partial charge on any atom is 0.264 e.